The molecule has 0 aromatic heterocycles. The first-order valence-electron chi connectivity index (χ1n) is 4.79. The third-order valence-corrected chi connectivity index (χ3v) is 3.97. The van der Waals surface area contributed by atoms with Crippen LogP contribution < -0.4 is 0 Å². The van der Waals surface area contributed by atoms with E-state index in [2.05, 4.69) is 0 Å². The monoisotopic (exact) mass is 367 g/mol. The highest BCUT2D eigenvalue weighted by atomic mass is 127. The number of hydrogen-bond acceptors (Lipinski definition) is 2. The zero-order valence-corrected chi connectivity index (χ0v) is 12.2. The molecule has 1 unspecified atom stereocenters. The Morgan fingerprint density at radius 1 is 1.47 bits per heavy atom. The molecule has 0 bridgehead atoms. The van der Waals surface area contributed by atoms with E-state index in [-0.39, 0.29) is 5.91 Å². The minimum atomic E-state index is -1.04. The Kier molecular flexibility index (Phi) is 4.76. The number of aliphatic carboxylic acids is 1. The topological polar surface area (TPSA) is 57.6 Å². The summed E-state index contributed by atoms with van der Waals surface area (Å²) in [7, 11) is 1.46. The van der Waals surface area contributed by atoms with Crippen LogP contribution in [0.1, 0.15) is 17.3 Å². The molecule has 0 heterocycles. The van der Waals surface area contributed by atoms with E-state index >= 15 is 0 Å². The van der Waals surface area contributed by atoms with Gasteiger partial charge in [-0.25, -0.2) is 4.79 Å². The first kappa shape index (κ1) is 14.2. The van der Waals surface area contributed by atoms with Crippen LogP contribution in [0.5, 0.6) is 0 Å². The van der Waals surface area contributed by atoms with Gasteiger partial charge in [-0.15, -0.1) is 0 Å². The van der Waals surface area contributed by atoms with Crippen LogP contribution in [0.2, 0.25) is 5.02 Å². The number of hydrogen-bond donors (Lipinski definition) is 1. The van der Waals surface area contributed by atoms with Gasteiger partial charge in [0.1, 0.15) is 6.04 Å². The van der Waals surface area contributed by atoms with E-state index in [9.17, 15) is 9.59 Å². The summed E-state index contributed by atoms with van der Waals surface area (Å²) in [5.41, 5.74) is 0.425. The third kappa shape index (κ3) is 3.32. The first-order chi connectivity index (χ1) is 7.84. The van der Waals surface area contributed by atoms with Gasteiger partial charge in [-0.05, 0) is 47.7 Å². The maximum Gasteiger partial charge on any atom is 0.326 e. The molecule has 0 spiro atoms. The Morgan fingerprint density at radius 2 is 2.06 bits per heavy atom. The molecule has 1 N–H and O–H groups in total. The van der Waals surface area contributed by atoms with E-state index in [1.807, 2.05) is 22.6 Å². The summed E-state index contributed by atoms with van der Waals surface area (Å²) in [5.74, 6) is -1.38. The second-order valence-corrected chi connectivity index (χ2v) is 5.13. The Bertz CT molecular complexity index is 464. The minimum Gasteiger partial charge on any atom is -0.480 e. The number of benzene rings is 1. The average Bonchev–Trinajstić information content (AvgIpc) is 2.29. The number of nitrogens with zero attached hydrogens (tertiary/aromatic N) is 1. The van der Waals surface area contributed by atoms with Gasteiger partial charge in [0.25, 0.3) is 5.91 Å². The van der Waals surface area contributed by atoms with Crippen molar-refractivity contribution in [2.75, 3.05) is 7.05 Å². The van der Waals surface area contributed by atoms with Crippen molar-refractivity contribution in [3.8, 4) is 0 Å². The number of likely N-dealkylation sites (N-methyl/N-ethyl adjacent to an activating group) is 1. The van der Waals surface area contributed by atoms with Crippen molar-refractivity contribution < 1.29 is 14.7 Å². The smallest absolute Gasteiger partial charge is 0.326 e. The quantitative estimate of drug-likeness (QED) is 0.835. The van der Waals surface area contributed by atoms with Crippen molar-refractivity contribution in [1.29, 1.82) is 0 Å². The Hall–Kier alpha value is -0.820. The van der Waals surface area contributed by atoms with Crippen LogP contribution in [-0.4, -0.2) is 35.0 Å². The highest BCUT2D eigenvalue weighted by Crippen LogP contribution is 2.20. The first-order valence-corrected chi connectivity index (χ1v) is 6.25. The van der Waals surface area contributed by atoms with Gasteiger partial charge in [0.15, 0.2) is 0 Å². The molecule has 0 saturated heterocycles. The van der Waals surface area contributed by atoms with Crippen molar-refractivity contribution in [2.45, 2.75) is 13.0 Å². The molecule has 17 heavy (non-hydrogen) atoms. The van der Waals surface area contributed by atoms with Crippen molar-refractivity contribution in [3.63, 3.8) is 0 Å². The largest absolute Gasteiger partial charge is 0.480 e. The number of amides is 1. The molecule has 1 rings (SSSR count). The van der Waals surface area contributed by atoms with Crippen LogP contribution in [0.3, 0.4) is 0 Å². The molecule has 1 atom stereocenters. The Labute approximate surface area is 118 Å². The van der Waals surface area contributed by atoms with Crippen molar-refractivity contribution in [1.82, 2.24) is 4.90 Å². The Morgan fingerprint density at radius 3 is 2.53 bits per heavy atom. The SMILES string of the molecule is CC(C(=O)O)N(C)C(=O)c1ccc(Cl)c(I)c1. The normalized spacial score (nSPS) is 12.0. The minimum absolute atomic E-state index is 0.338. The molecule has 0 aliphatic heterocycles. The Balaban J connectivity index is 2.96. The lowest BCUT2D eigenvalue weighted by atomic mass is 10.2. The van der Waals surface area contributed by atoms with E-state index in [0.717, 1.165) is 3.57 Å². The lowest BCUT2D eigenvalue weighted by molar-refractivity contribution is -0.141. The zero-order chi connectivity index (χ0) is 13.2. The van der Waals surface area contributed by atoms with Gasteiger partial charge >= 0.3 is 5.97 Å². The molecule has 92 valence electrons. The fourth-order valence-electron chi connectivity index (χ4n) is 1.17. The van der Waals surface area contributed by atoms with Gasteiger partial charge in [0.2, 0.25) is 0 Å². The van der Waals surface area contributed by atoms with E-state index in [1.165, 1.54) is 18.9 Å². The van der Waals surface area contributed by atoms with Crippen LogP contribution in [0, 0.1) is 3.57 Å². The second kappa shape index (κ2) is 5.68. The van der Waals surface area contributed by atoms with Gasteiger partial charge in [0.05, 0.1) is 5.02 Å². The van der Waals surface area contributed by atoms with Crippen LogP contribution in [-0.2, 0) is 4.79 Å². The lowest BCUT2D eigenvalue weighted by Crippen LogP contribution is -2.40. The molecular weight excluding hydrogens is 356 g/mol. The number of carboxylic acids is 1. The molecule has 1 amide bonds. The number of carbonyl (C=O) groups is 2. The molecule has 4 nitrogen and oxygen atoms in total. The molecule has 0 aliphatic rings. The van der Waals surface area contributed by atoms with Gasteiger partial charge in [0, 0.05) is 16.2 Å². The number of carbonyl (C=O) groups excluding carboxylic acids is 1. The number of carboxylic acid groups (broad SMARTS) is 1. The zero-order valence-electron chi connectivity index (χ0n) is 9.28. The second-order valence-electron chi connectivity index (χ2n) is 3.56. The van der Waals surface area contributed by atoms with Crippen LogP contribution in [0.15, 0.2) is 18.2 Å². The lowest BCUT2D eigenvalue weighted by Gasteiger charge is -2.21. The van der Waals surface area contributed by atoms with Gasteiger partial charge in [-0.2, -0.15) is 0 Å². The molecule has 6 heteroatoms. The third-order valence-electron chi connectivity index (χ3n) is 2.43. The number of rotatable bonds is 3. The molecule has 0 fully saturated rings. The maximum atomic E-state index is 12.0. The maximum absolute atomic E-state index is 12.0. The van der Waals surface area contributed by atoms with Crippen molar-refractivity contribution >= 4 is 46.1 Å². The summed E-state index contributed by atoms with van der Waals surface area (Å²) in [6.07, 6.45) is 0. The summed E-state index contributed by atoms with van der Waals surface area (Å²) < 4.78 is 0.756. The molecule has 0 radical (unpaired) electrons. The van der Waals surface area contributed by atoms with Crippen molar-refractivity contribution in [2.24, 2.45) is 0 Å². The van der Waals surface area contributed by atoms with Gasteiger partial charge in [-0.3, -0.25) is 4.79 Å². The summed E-state index contributed by atoms with van der Waals surface area (Å²) in [6, 6.07) is 3.97. The summed E-state index contributed by atoms with van der Waals surface area (Å²) >= 11 is 7.87. The van der Waals surface area contributed by atoms with Crippen molar-refractivity contribution in [3.05, 3.63) is 32.4 Å². The van der Waals surface area contributed by atoms with Crippen LogP contribution >= 0.6 is 34.2 Å². The highest BCUT2D eigenvalue weighted by molar-refractivity contribution is 14.1. The highest BCUT2D eigenvalue weighted by Gasteiger charge is 2.22. The van der Waals surface area contributed by atoms with Crippen LogP contribution in [0.25, 0.3) is 0 Å². The van der Waals surface area contributed by atoms with Gasteiger partial charge in [-0.1, -0.05) is 11.6 Å². The fourth-order valence-corrected chi connectivity index (χ4v) is 1.81. The average molecular weight is 368 g/mol. The molecule has 0 saturated carbocycles. The van der Waals surface area contributed by atoms with Gasteiger partial charge < -0.3 is 10.0 Å². The van der Waals surface area contributed by atoms with E-state index < -0.39 is 12.0 Å². The molecule has 1 aromatic rings. The van der Waals surface area contributed by atoms with Crippen LogP contribution in [0.4, 0.5) is 0 Å². The van der Waals surface area contributed by atoms with E-state index in [0.29, 0.717) is 10.6 Å². The molecular formula is C11H11ClINO3. The molecule has 1 aromatic carbocycles. The number of halogens is 2. The summed E-state index contributed by atoms with van der Waals surface area (Å²) in [5, 5.41) is 9.40. The van der Waals surface area contributed by atoms with E-state index in [4.69, 9.17) is 16.7 Å². The summed E-state index contributed by atoms with van der Waals surface area (Å²) in [4.78, 5) is 23.9. The molecule has 0 aliphatic carbocycles. The predicted octanol–water partition coefficient (Wildman–Crippen LogP) is 2.49. The fraction of sp³-hybridized carbons (Fsp3) is 0.273. The van der Waals surface area contributed by atoms with E-state index in [1.54, 1.807) is 18.2 Å². The summed E-state index contributed by atoms with van der Waals surface area (Å²) in [6.45, 7) is 1.46. The standard InChI is InChI=1S/C11H11ClINO3/c1-6(11(16)17)14(2)10(15)7-3-4-8(12)9(13)5-7/h3-6H,1-2H3,(H,16,17). The predicted molar refractivity (Wildman–Crippen MR) is 73.4 cm³/mol.